The second-order valence-electron chi connectivity index (χ2n) is 5.24. The topological polar surface area (TPSA) is 27.1 Å². The Kier molecular flexibility index (Phi) is 4.87. The Bertz CT molecular complexity index is 315. The van der Waals surface area contributed by atoms with Crippen LogP contribution in [0.25, 0.3) is 0 Å². The minimum atomic E-state index is -0.446. The molecule has 1 rings (SSSR count). The van der Waals surface area contributed by atoms with Gasteiger partial charge in [-0.2, -0.15) is 5.10 Å². The standard InChI is InChI=1S/C12H24N2OS/c1-11(2)12-6-7-13-14(12)10-15-8-9-16(3,4)5/h6-7,11H,8-10H2,1-5H3. The lowest BCUT2D eigenvalue weighted by Gasteiger charge is -2.24. The fourth-order valence-corrected chi connectivity index (χ4v) is 2.02. The Hall–Kier alpha value is -0.480. The van der Waals surface area contributed by atoms with E-state index in [0.717, 1.165) is 12.4 Å². The number of hydrogen-bond donors (Lipinski definition) is 0. The van der Waals surface area contributed by atoms with E-state index in [-0.39, 0.29) is 0 Å². The summed E-state index contributed by atoms with van der Waals surface area (Å²) >= 11 is 0. The number of aromatic nitrogens is 2. The molecule has 0 fully saturated rings. The molecule has 0 N–H and O–H groups in total. The van der Waals surface area contributed by atoms with Gasteiger partial charge < -0.3 is 4.74 Å². The minimum absolute atomic E-state index is 0.446. The van der Waals surface area contributed by atoms with Crippen LogP contribution in [-0.4, -0.2) is 40.9 Å². The number of hydrogen-bond acceptors (Lipinski definition) is 2. The van der Waals surface area contributed by atoms with Crippen molar-refractivity contribution in [2.24, 2.45) is 0 Å². The molecule has 0 aromatic carbocycles. The highest BCUT2D eigenvalue weighted by Crippen LogP contribution is 2.33. The normalized spacial score (nSPS) is 13.4. The maximum Gasteiger partial charge on any atom is 0.139 e. The largest absolute Gasteiger partial charge is 0.358 e. The van der Waals surface area contributed by atoms with E-state index in [2.05, 4.69) is 43.8 Å². The summed E-state index contributed by atoms with van der Waals surface area (Å²) in [4.78, 5) is 0. The number of nitrogens with zero attached hydrogens (tertiary/aromatic N) is 2. The van der Waals surface area contributed by atoms with Gasteiger partial charge in [-0.3, -0.25) is 0 Å². The van der Waals surface area contributed by atoms with Gasteiger partial charge in [0.05, 0.1) is 6.61 Å². The van der Waals surface area contributed by atoms with E-state index in [1.807, 2.05) is 10.9 Å². The summed E-state index contributed by atoms with van der Waals surface area (Å²) in [7, 11) is -0.446. The van der Waals surface area contributed by atoms with E-state index in [0.29, 0.717) is 12.6 Å². The molecule has 0 bridgehead atoms. The van der Waals surface area contributed by atoms with Crippen LogP contribution in [0.3, 0.4) is 0 Å². The van der Waals surface area contributed by atoms with Gasteiger partial charge in [-0.15, -0.1) is 0 Å². The van der Waals surface area contributed by atoms with Crippen LogP contribution in [0.5, 0.6) is 0 Å². The molecule has 1 aromatic rings. The maximum absolute atomic E-state index is 5.67. The van der Waals surface area contributed by atoms with Crippen LogP contribution in [0.2, 0.25) is 0 Å². The van der Waals surface area contributed by atoms with E-state index in [1.54, 1.807) is 0 Å². The molecule has 0 atom stereocenters. The molecular formula is C12H24N2OS. The van der Waals surface area contributed by atoms with Crippen molar-refractivity contribution in [2.45, 2.75) is 26.5 Å². The fraction of sp³-hybridized carbons (Fsp3) is 0.750. The second kappa shape index (κ2) is 5.73. The van der Waals surface area contributed by atoms with Crippen LogP contribution < -0.4 is 0 Å². The Morgan fingerprint density at radius 1 is 1.38 bits per heavy atom. The average Bonchev–Trinajstić information content (AvgIpc) is 2.58. The first-order valence-corrected chi connectivity index (χ1v) is 8.68. The first-order valence-electron chi connectivity index (χ1n) is 5.65. The van der Waals surface area contributed by atoms with Crippen molar-refractivity contribution < 1.29 is 4.74 Å². The van der Waals surface area contributed by atoms with Gasteiger partial charge in [-0.25, -0.2) is 14.7 Å². The van der Waals surface area contributed by atoms with Crippen LogP contribution in [0, 0.1) is 0 Å². The summed E-state index contributed by atoms with van der Waals surface area (Å²) in [6.07, 6.45) is 8.77. The SMILES string of the molecule is CC(C)c1ccnn1COCCS(C)(C)C. The third-order valence-electron chi connectivity index (χ3n) is 2.39. The van der Waals surface area contributed by atoms with Crippen molar-refractivity contribution in [1.29, 1.82) is 0 Å². The van der Waals surface area contributed by atoms with Crippen molar-refractivity contribution in [1.82, 2.24) is 9.78 Å². The van der Waals surface area contributed by atoms with Gasteiger partial charge in [-0.05, 0) is 30.8 Å². The summed E-state index contributed by atoms with van der Waals surface area (Å²) < 4.78 is 7.61. The van der Waals surface area contributed by atoms with Crippen LogP contribution in [0.4, 0.5) is 0 Å². The van der Waals surface area contributed by atoms with Gasteiger partial charge >= 0.3 is 0 Å². The van der Waals surface area contributed by atoms with E-state index < -0.39 is 10.0 Å². The Morgan fingerprint density at radius 3 is 2.62 bits per heavy atom. The molecule has 4 heteroatoms. The van der Waals surface area contributed by atoms with E-state index >= 15 is 0 Å². The quantitative estimate of drug-likeness (QED) is 0.719. The molecule has 0 spiro atoms. The van der Waals surface area contributed by atoms with Gasteiger partial charge in [0.25, 0.3) is 0 Å². The van der Waals surface area contributed by atoms with Crippen molar-refractivity contribution in [3.8, 4) is 0 Å². The first kappa shape index (κ1) is 13.6. The zero-order chi connectivity index (χ0) is 12.2. The number of ether oxygens (including phenoxy) is 1. The zero-order valence-electron chi connectivity index (χ0n) is 11.1. The highest BCUT2D eigenvalue weighted by atomic mass is 32.3. The van der Waals surface area contributed by atoms with E-state index in [4.69, 9.17) is 4.74 Å². The highest BCUT2D eigenvalue weighted by Gasteiger charge is 2.07. The Labute approximate surface area is 100 Å². The average molecular weight is 244 g/mol. The predicted octanol–water partition coefficient (Wildman–Crippen LogP) is 2.67. The lowest BCUT2D eigenvalue weighted by molar-refractivity contribution is 0.0782. The molecule has 94 valence electrons. The fourth-order valence-electron chi connectivity index (χ4n) is 1.40. The minimum Gasteiger partial charge on any atom is -0.358 e. The molecule has 1 heterocycles. The predicted molar refractivity (Wildman–Crippen MR) is 72.5 cm³/mol. The molecule has 0 unspecified atom stereocenters. The third-order valence-corrected chi connectivity index (χ3v) is 3.79. The zero-order valence-corrected chi connectivity index (χ0v) is 11.9. The van der Waals surface area contributed by atoms with Crippen molar-refractivity contribution in [2.75, 3.05) is 31.1 Å². The summed E-state index contributed by atoms with van der Waals surface area (Å²) in [6, 6.07) is 2.06. The van der Waals surface area contributed by atoms with Crippen molar-refractivity contribution >= 4 is 10.0 Å². The molecule has 0 aliphatic carbocycles. The van der Waals surface area contributed by atoms with Crippen LogP contribution in [0.15, 0.2) is 12.3 Å². The lowest BCUT2D eigenvalue weighted by atomic mass is 10.1. The summed E-state index contributed by atoms with van der Waals surface area (Å²) in [5.74, 6) is 1.66. The Balaban J connectivity index is 2.35. The van der Waals surface area contributed by atoms with Gasteiger partial charge in [0.1, 0.15) is 6.73 Å². The molecule has 0 aliphatic rings. The summed E-state index contributed by atoms with van der Waals surface area (Å²) in [6.45, 7) is 5.76. The Morgan fingerprint density at radius 2 is 2.06 bits per heavy atom. The molecular weight excluding hydrogens is 220 g/mol. The number of rotatable bonds is 6. The molecule has 1 aromatic heterocycles. The molecule has 0 saturated heterocycles. The third kappa shape index (κ3) is 4.58. The van der Waals surface area contributed by atoms with Gasteiger partial charge in [0, 0.05) is 17.6 Å². The molecule has 0 amide bonds. The summed E-state index contributed by atoms with van der Waals surface area (Å²) in [5.41, 5.74) is 1.24. The van der Waals surface area contributed by atoms with Crippen LogP contribution in [0.1, 0.15) is 25.5 Å². The molecule has 0 saturated carbocycles. The van der Waals surface area contributed by atoms with Gasteiger partial charge in [0.2, 0.25) is 0 Å². The maximum atomic E-state index is 5.67. The first-order chi connectivity index (χ1) is 7.40. The van der Waals surface area contributed by atoms with Gasteiger partial charge in [0.15, 0.2) is 0 Å². The van der Waals surface area contributed by atoms with Crippen LogP contribution in [-0.2, 0) is 11.5 Å². The molecule has 0 aliphatic heterocycles. The monoisotopic (exact) mass is 244 g/mol. The molecule has 0 radical (unpaired) electrons. The highest BCUT2D eigenvalue weighted by molar-refractivity contribution is 8.32. The second-order valence-corrected chi connectivity index (χ2v) is 9.83. The van der Waals surface area contributed by atoms with Crippen LogP contribution >= 0.6 is 10.0 Å². The van der Waals surface area contributed by atoms with Gasteiger partial charge in [-0.1, -0.05) is 13.8 Å². The summed E-state index contributed by atoms with van der Waals surface area (Å²) in [5, 5.41) is 4.27. The molecule has 3 nitrogen and oxygen atoms in total. The lowest BCUT2D eigenvalue weighted by Crippen LogP contribution is -2.13. The van der Waals surface area contributed by atoms with E-state index in [1.165, 1.54) is 5.69 Å². The smallest absolute Gasteiger partial charge is 0.139 e. The molecule has 16 heavy (non-hydrogen) atoms. The van der Waals surface area contributed by atoms with Crippen molar-refractivity contribution in [3.63, 3.8) is 0 Å². The van der Waals surface area contributed by atoms with E-state index in [9.17, 15) is 0 Å². The van der Waals surface area contributed by atoms with Crippen molar-refractivity contribution in [3.05, 3.63) is 18.0 Å².